The van der Waals surface area contributed by atoms with E-state index >= 15 is 0 Å². The summed E-state index contributed by atoms with van der Waals surface area (Å²) in [5.41, 5.74) is 0. The molecule has 0 rings (SSSR count). The second-order valence-corrected chi connectivity index (χ2v) is 3.07. The van der Waals surface area contributed by atoms with Gasteiger partial charge in [-0.15, -0.1) is 0 Å². The van der Waals surface area contributed by atoms with E-state index in [0.717, 1.165) is 6.42 Å². The highest BCUT2D eigenvalue weighted by molar-refractivity contribution is 5.01. The predicted molar refractivity (Wildman–Crippen MR) is 56.9 cm³/mol. The maximum atomic E-state index is 4.00. The topological polar surface area (TPSA) is 0 Å². The summed E-state index contributed by atoms with van der Waals surface area (Å²) in [6.07, 6.45) is 13.6. The van der Waals surface area contributed by atoms with Crippen molar-refractivity contribution in [3.63, 3.8) is 0 Å². The lowest BCUT2D eigenvalue weighted by Crippen LogP contribution is -1.81. The van der Waals surface area contributed by atoms with Gasteiger partial charge in [0.2, 0.25) is 0 Å². The summed E-state index contributed by atoms with van der Waals surface area (Å²) >= 11 is 0. The lowest BCUT2D eigenvalue weighted by molar-refractivity contribution is 0.810. The molecule has 0 aromatic carbocycles. The van der Waals surface area contributed by atoms with Crippen molar-refractivity contribution >= 4 is 0 Å². The van der Waals surface area contributed by atoms with E-state index in [2.05, 4.69) is 45.1 Å². The highest BCUT2D eigenvalue weighted by Gasteiger charge is 1.87. The lowest BCUT2D eigenvalue weighted by atomic mass is 10.1. The van der Waals surface area contributed by atoms with Crippen molar-refractivity contribution in [1.82, 2.24) is 0 Å². The fourth-order valence-corrected chi connectivity index (χ4v) is 0.968. The van der Waals surface area contributed by atoms with E-state index in [1.54, 1.807) is 0 Å². The third-order valence-corrected chi connectivity index (χ3v) is 1.73. The van der Waals surface area contributed by atoms with Gasteiger partial charge in [0.1, 0.15) is 0 Å². The summed E-state index contributed by atoms with van der Waals surface area (Å²) in [5.74, 6) is 0.363. The first-order chi connectivity index (χ1) is 5.81. The minimum absolute atomic E-state index is 0.363. The molecule has 69 valence electrons. The first kappa shape index (κ1) is 11.5. The SMILES string of the molecule is [CH2]C(/C=C/CC)/C=C/CCCC. The smallest absolute Gasteiger partial charge is 0.00532 e. The fraction of sp³-hybridized carbons (Fsp3) is 0.583. The minimum atomic E-state index is 0.363. The molecule has 0 aliphatic rings. The normalized spacial score (nSPS) is 14.6. The Hall–Kier alpha value is -0.520. The van der Waals surface area contributed by atoms with Crippen molar-refractivity contribution in [2.45, 2.75) is 39.5 Å². The maximum Gasteiger partial charge on any atom is -0.00532 e. The van der Waals surface area contributed by atoms with Crippen molar-refractivity contribution < 1.29 is 0 Å². The molecule has 0 nitrogen and oxygen atoms in total. The maximum absolute atomic E-state index is 4.00. The molecule has 0 amide bonds. The van der Waals surface area contributed by atoms with Crippen molar-refractivity contribution in [3.8, 4) is 0 Å². The molecule has 1 atom stereocenters. The molecule has 0 saturated heterocycles. The quantitative estimate of drug-likeness (QED) is 0.409. The number of rotatable bonds is 6. The van der Waals surface area contributed by atoms with E-state index in [1.165, 1.54) is 19.3 Å². The summed E-state index contributed by atoms with van der Waals surface area (Å²) < 4.78 is 0. The molecule has 0 aliphatic carbocycles. The van der Waals surface area contributed by atoms with E-state index in [-0.39, 0.29) is 0 Å². The summed E-state index contributed by atoms with van der Waals surface area (Å²) in [6.45, 7) is 8.36. The molecular formula is C12H21. The van der Waals surface area contributed by atoms with Crippen LogP contribution in [0.2, 0.25) is 0 Å². The van der Waals surface area contributed by atoms with Crippen LogP contribution in [0, 0.1) is 12.8 Å². The van der Waals surface area contributed by atoms with Gasteiger partial charge in [-0.1, -0.05) is 51.0 Å². The van der Waals surface area contributed by atoms with Gasteiger partial charge >= 0.3 is 0 Å². The molecule has 12 heavy (non-hydrogen) atoms. The van der Waals surface area contributed by atoms with Crippen LogP contribution in [-0.2, 0) is 0 Å². The zero-order valence-electron chi connectivity index (χ0n) is 8.42. The van der Waals surface area contributed by atoms with Crippen LogP contribution in [0.1, 0.15) is 39.5 Å². The Kier molecular flexibility index (Phi) is 8.20. The van der Waals surface area contributed by atoms with Gasteiger partial charge < -0.3 is 0 Å². The summed E-state index contributed by atoms with van der Waals surface area (Å²) in [5, 5.41) is 0. The summed E-state index contributed by atoms with van der Waals surface area (Å²) in [4.78, 5) is 0. The number of unbranched alkanes of at least 4 members (excludes halogenated alkanes) is 2. The third kappa shape index (κ3) is 7.59. The number of allylic oxidation sites excluding steroid dienone is 4. The number of hydrogen-bond donors (Lipinski definition) is 0. The van der Waals surface area contributed by atoms with Gasteiger partial charge in [-0.3, -0.25) is 0 Å². The average molecular weight is 165 g/mol. The Labute approximate surface area is 77.4 Å². The first-order valence-electron chi connectivity index (χ1n) is 4.97. The predicted octanol–water partition coefficient (Wildman–Crippen LogP) is 4.15. The van der Waals surface area contributed by atoms with Gasteiger partial charge in [-0.25, -0.2) is 0 Å². The molecule has 0 aromatic heterocycles. The zero-order valence-corrected chi connectivity index (χ0v) is 8.42. The molecule has 0 heterocycles. The summed E-state index contributed by atoms with van der Waals surface area (Å²) in [7, 11) is 0. The van der Waals surface area contributed by atoms with Gasteiger partial charge in [0, 0.05) is 0 Å². The molecule has 0 fully saturated rings. The van der Waals surface area contributed by atoms with Crippen LogP contribution in [0.5, 0.6) is 0 Å². The molecule has 0 aliphatic heterocycles. The molecule has 0 spiro atoms. The molecule has 0 N–H and O–H groups in total. The monoisotopic (exact) mass is 165 g/mol. The van der Waals surface area contributed by atoms with E-state index in [9.17, 15) is 0 Å². The standard InChI is InChI=1S/C12H21/c1-4-6-8-9-11-12(3)10-7-5-2/h7,9-12H,3-6,8H2,1-2H3/b10-7+,11-9+. The largest absolute Gasteiger partial charge is 0.0882 e. The summed E-state index contributed by atoms with van der Waals surface area (Å²) in [6, 6.07) is 0. The van der Waals surface area contributed by atoms with Crippen molar-refractivity contribution in [3.05, 3.63) is 31.2 Å². The van der Waals surface area contributed by atoms with Crippen LogP contribution < -0.4 is 0 Å². The Balaban J connectivity index is 3.46. The van der Waals surface area contributed by atoms with Gasteiger partial charge in [-0.05, 0) is 25.7 Å². The van der Waals surface area contributed by atoms with Crippen LogP contribution in [0.4, 0.5) is 0 Å². The van der Waals surface area contributed by atoms with E-state index in [1.807, 2.05) is 0 Å². The van der Waals surface area contributed by atoms with Crippen LogP contribution in [0.3, 0.4) is 0 Å². The van der Waals surface area contributed by atoms with Gasteiger partial charge in [-0.2, -0.15) is 0 Å². The lowest BCUT2D eigenvalue weighted by Gasteiger charge is -1.96. The molecule has 0 heteroatoms. The van der Waals surface area contributed by atoms with Crippen molar-refractivity contribution in [1.29, 1.82) is 0 Å². The van der Waals surface area contributed by atoms with Gasteiger partial charge in [0.05, 0.1) is 0 Å². The molecule has 1 radical (unpaired) electrons. The Bertz CT molecular complexity index is 131. The molecule has 0 saturated carbocycles. The average Bonchev–Trinajstić information content (AvgIpc) is 2.09. The second kappa shape index (κ2) is 8.58. The second-order valence-electron chi connectivity index (χ2n) is 3.07. The third-order valence-electron chi connectivity index (χ3n) is 1.73. The first-order valence-corrected chi connectivity index (χ1v) is 4.97. The van der Waals surface area contributed by atoms with Crippen LogP contribution >= 0.6 is 0 Å². The van der Waals surface area contributed by atoms with Crippen LogP contribution in [-0.4, -0.2) is 0 Å². The Morgan fingerprint density at radius 1 is 1.17 bits per heavy atom. The minimum Gasteiger partial charge on any atom is -0.0882 e. The Morgan fingerprint density at radius 3 is 2.42 bits per heavy atom. The Morgan fingerprint density at radius 2 is 1.83 bits per heavy atom. The highest BCUT2D eigenvalue weighted by Crippen LogP contribution is 2.02. The molecular weight excluding hydrogens is 144 g/mol. The highest BCUT2D eigenvalue weighted by atomic mass is 13.9. The van der Waals surface area contributed by atoms with E-state index in [0.29, 0.717) is 5.92 Å². The van der Waals surface area contributed by atoms with Gasteiger partial charge in [0.15, 0.2) is 0 Å². The molecule has 0 bridgehead atoms. The zero-order chi connectivity index (χ0) is 9.23. The number of hydrogen-bond acceptors (Lipinski definition) is 0. The molecule has 1 unspecified atom stereocenters. The van der Waals surface area contributed by atoms with Crippen molar-refractivity contribution in [2.24, 2.45) is 5.92 Å². The van der Waals surface area contributed by atoms with Crippen molar-refractivity contribution in [2.75, 3.05) is 0 Å². The van der Waals surface area contributed by atoms with Gasteiger partial charge in [0.25, 0.3) is 0 Å². The van der Waals surface area contributed by atoms with Crippen LogP contribution in [0.25, 0.3) is 0 Å². The van der Waals surface area contributed by atoms with E-state index in [4.69, 9.17) is 0 Å². The fourth-order valence-electron chi connectivity index (χ4n) is 0.968. The molecule has 0 aromatic rings. The van der Waals surface area contributed by atoms with E-state index < -0.39 is 0 Å². The van der Waals surface area contributed by atoms with Crippen LogP contribution in [0.15, 0.2) is 24.3 Å².